The maximum absolute atomic E-state index is 11.9. The summed E-state index contributed by atoms with van der Waals surface area (Å²) in [5.41, 5.74) is 7.01. The summed E-state index contributed by atoms with van der Waals surface area (Å²) in [6, 6.07) is 16.1. The molecule has 2 N–H and O–H groups in total. The van der Waals surface area contributed by atoms with Crippen molar-refractivity contribution < 1.29 is 19.1 Å². The normalized spacial score (nSPS) is 11.5. The van der Waals surface area contributed by atoms with E-state index in [9.17, 15) is 9.59 Å². The molecule has 2 aromatic rings. The van der Waals surface area contributed by atoms with Gasteiger partial charge in [-0.05, 0) is 24.1 Å². The van der Waals surface area contributed by atoms with E-state index in [1.54, 1.807) is 42.5 Å². The standard InChI is InChI=1S/C18H19NO4/c1-2-13-8-10-15(11-9-13)22-12-16(20)23-17(18(19)21)14-6-4-3-5-7-14/h3-11,17H,2,12H2,1H3,(H2,19,21). The van der Waals surface area contributed by atoms with Crippen molar-refractivity contribution in [3.63, 3.8) is 0 Å². The van der Waals surface area contributed by atoms with Crippen LogP contribution < -0.4 is 10.5 Å². The number of esters is 1. The molecule has 0 fully saturated rings. The summed E-state index contributed by atoms with van der Waals surface area (Å²) in [4.78, 5) is 23.4. The number of carbonyl (C=O) groups is 2. The van der Waals surface area contributed by atoms with E-state index in [0.29, 0.717) is 11.3 Å². The zero-order valence-corrected chi connectivity index (χ0v) is 12.9. The second kappa shape index (κ2) is 7.98. The Balaban J connectivity index is 1.93. The molecule has 0 radical (unpaired) electrons. The molecular weight excluding hydrogens is 294 g/mol. The number of primary amides is 1. The van der Waals surface area contributed by atoms with Gasteiger partial charge in [0.15, 0.2) is 6.61 Å². The van der Waals surface area contributed by atoms with E-state index >= 15 is 0 Å². The van der Waals surface area contributed by atoms with Gasteiger partial charge in [-0.1, -0.05) is 49.4 Å². The second-order valence-corrected chi connectivity index (χ2v) is 4.97. The van der Waals surface area contributed by atoms with Gasteiger partial charge < -0.3 is 15.2 Å². The molecule has 1 atom stereocenters. The summed E-state index contributed by atoms with van der Waals surface area (Å²) < 4.78 is 10.5. The predicted octanol–water partition coefficient (Wildman–Crippen LogP) is 2.40. The van der Waals surface area contributed by atoms with Crippen LogP contribution in [-0.4, -0.2) is 18.5 Å². The molecule has 5 nitrogen and oxygen atoms in total. The Bertz CT molecular complexity index is 652. The number of nitrogens with two attached hydrogens (primary N) is 1. The van der Waals surface area contributed by atoms with Gasteiger partial charge >= 0.3 is 5.97 Å². The van der Waals surface area contributed by atoms with Crippen LogP contribution in [-0.2, 0) is 20.7 Å². The summed E-state index contributed by atoms with van der Waals surface area (Å²) in [6.07, 6.45) is -0.186. The van der Waals surface area contributed by atoms with Crippen molar-refractivity contribution in [3.05, 3.63) is 65.7 Å². The fourth-order valence-electron chi connectivity index (χ4n) is 2.05. The van der Waals surface area contributed by atoms with Crippen LogP contribution in [0.1, 0.15) is 24.2 Å². The fraction of sp³-hybridized carbons (Fsp3) is 0.222. The third-order valence-corrected chi connectivity index (χ3v) is 3.30. The largest absolute Gasteiger partial charge is 0.482 e. The van der Waals surface area contributed by atoms with Crippen LogP contribution in [0.4, 0.5) is 0 Å². The molecule has 120 valence electrons. The van der Waals surface area contributed by atoms with Gasteiger partial charge in [-0.3, -0.25) is 4.79 Å². The van der Waals surface area contributed by atoms with Gasteiger partial charge in [-0.2, -0.15) is 0 Å². The second-order valence-electron chi connectivity index (χ2n) is 4.97. The molecule has 0 heterocycles. The SMILES string of the molecule is CCc1ccc(OCC(=O)OC(C(N)=O)c2ccccc2)cc1. The molecule has 0 saturated carbocycles. The number of hydrogen-bond donors (Lipinski definition) is 1. The highest BCUT2D eigenvalue weighted by atomic mass is 16.6. The minimum atomic E-state index is -1.12. The zero-order valence-electron chi connectivity index (χ0n) is 12.9. The van der Waals surface area contributed by atoms with Gasteiger partial charge in [-0.25, -0.2) is 4.79 Å². The summed E-state index contributed by atoms with van der Waals surface area (Å²) >= 11 is 0. The Labute approximate surface area is 135 Å². The molecule has 23 heavy (non-hydrogen) atoms. The molecule has 0 aromatic heterocycles. The zero-order chi connectivity index (χ0) is 16.7. The third kappa shape index (κ3) is 4.85. The first-order chi connectivity index (χ1) is 11.1. The van der Waals surface area contributed by atoms with Crippen LogP contribution in [0.2, 0.25) is 0 Å². The summed E-state index contributed by atoms with van der Waals surface area (Å²) in [6.45, 7) is 1.77. The average Bonchev–Trinajstić information content (AvgIpc) is 2.58. The quantitative estimate of drug-likeness (QED) is 0.796. The van der Waals surface area contributed by atoms with E-state index in [2.05, 4.69) is 6.92 Å². The Morgan fingerprint density at radius 1 is 1.04 bits per heavy atom. The van der Waals surface area contributed by atoms with E-state index in [0.717, 1.165) is 6.42 Å². The third-order valence-electron chi connectivity index (χ3n) is 3.30. The number of carbonyl (C=O) groups excluding carboxylic acids is 2. The van der Waals surface area contributed by atoms with E-state index in [4.69, 9.17) is 15.2 Å². The maximum Gasteiger partial charge on any atom is 0.345 e. The molecule has 1 amide bonds. The highest BCUT2D eigenvalue weighted by Gasteiger charge is 2.22. The van der Waals surface area contributed by atoms with Crippen molar-refractivity contribution in [2.24, 2.45) is 5.73 Å². The van der Waals surface area contributed by atoms with Crippen molar-refractivity contribution in [3.8, 4) is 5.75 Å². The molecule has 0 aliphatic rings. The Morgan fingerprint density at radius 2 is 1.70 bits per heavy atom. The molecule has 2 aromatic carbocycles. The van der Waals surface area contributed by atoms with Gasteiger partial charge in [-0.15, -0.1) is 0 Å². The number of rotatable bonds is 7. The molecule has 0 aliphatic carbocycles. The molecule has 0 bridgehead atoms. The van der Waals surface area contributed by atoms with Crippen LogP contribution in [0.5, 0.6) is 5.75 Å². The van der Waals surface area contributed by atoms with Gasteiger partial charge in [0.05, 0.1) is 0 Å². The monoisotopic (exact) mass is 313 g/mol. The van der Waals surface area contributed by atoms with E-state index in [-0.39, 0.29) is 6.61 Å². The van der Waals surface area contributed by atoms with Crippen LogP contribution in [0.3, 0.4) is 0 Å². The number of benzene rings is 2. The van der Waals surface area contributed by atoms with Gasteiger partial charge in [0.1, 0.15) is 5.75 Å². The van der Waals surface area contributed by atoms with Crippen LogP contribution >= 0.6 is 0 Å². The van der Waals surface area contributed by atoms with Crippen LogP contribution in [0.25, 0.3) is 0 Å². The van der Waals surface area contributed by atoms with E-state index in [1.807, 2.05) is 12.1 Å². The summed E-state index contributed by atoms with van der Waals surface area (Å²) in [5, 5.41) is 0. The number of aryl methyl sites for hydroxylation is 1. The highest BCUT2D eigenvalue weighted by molar-refractivity contribution is 5.83. The maximum atomic E-state index is 11.9. The van der Waals surface area contributed by atoms with Gasteiger partial charge in [0.2, 0.25) is 6.10 Å². The summed E-state index contributed by atoms with van der Waals surface area (Å²) in [7, 11) is 0. The first kappa shape index (κ1) is 16.5. The fourth-order valence-corrected chi connectivity index (χ4v) is 2.05. The topological polar surface area (TPSA) is 78.6 Å². The lowest BCUT2D eigenvalue weighted by Crippen LogP contribution is -2.28. The van der Waals surface area contributed by atoms with Crippen molar-refractivity contribution in [1.29, 1.82) is 0 Å². The highest BCUT2D eigenvalue weighted by Crippen LogP contribution is 2.17. The molecule has 0 aliphatic heterocycles. The van der Waals surface area contributed by atoms with Crippen molar-refractivity contribution in [1.82, 2.24) is 0 Å². The first-order valence-electron chi connectivity index (χ1n) is 7.35. The lowest BCUT2D eigenvalue weighted by atomic mass is 10.1. The molecule has 0 spiro atoms. The smallest absolute Gasteiger partial charge is 0.345 e. The van der Waals surface area contributed by atoms with Crippen LogP contribution in [0.15, 0.2) is 54.6 Å². The number of amides is 1. The Morgan fingerprint density at radius 3 is 2.26 bits per heavy atom. The van der Waals surface area contributed by atoms with Crippen LogP contribution in [0, 0.1) is 0 Å². The first-order valence-corrected chi connectivity index (χ1v) is 7.35. The minimum Gasteiger partial charge on any atom is -0.482 e. The molecule has 1 unspecified atom stereocenters. The van der Waals surface area contributed by atoms with Crippen molar-refractivity contribution in [2.75, 3.05) is 6.61 Å². The average molecular weight is 313 g/mol. The van der Waals surface area contributed by atoms with E-state index in [1.165, 1.54) is 5.56 Å². The Kier molecular flexibility index (Phi) is 5.74. The minimum absolute atomic E-state index is 0.290. The lowest BCUT2D eigenvalue weighted by molar-refractivity contribution is -0.157. The molecule has 0 saturated heterocycles. The number of ether oxygens (including phenoxy) is 2. The van der Waals surface area contributed by atoms with Crippen molar-refractivity contribution in [2.45, 2.75) is 19.4 Å². The van der Waals surface area contributed by atoms with E-state index < -0.39 is 18.0 Å². The summed E-state index contributed by atoms with van der Waals surface area (Å²) in [5.74, 6) is -0.816. The van der Waals surface area contributed by atoms with Gasteiger partial charge in [0.25, 0.3) is 5.91 Å². The lowest BCUT2D eigenvalue weighted by Gasteiger charge is -2.15. The van der Waals surface area contributed by atoms with Gasteiger partial charge in [0, 0.05) is 5.56 Å². The molecule has 2 rings (SSSR count). The number of hydrogen-bond acceptors (Lipinski definition) is 4. The predicted molar refractivity (Wildman–Crippen MR) is 85.8 cm³/mol. The Hall–Kier alpha value is -2.82. The molecule has 5 heteroatoms. The van der Waals surface area contributed by atoms with Crippen molar-refractivity contribution >= 4 is 11.9 Å². The molecular formula is C18H19NO4.